The van der Waals surface area contributed by atoms with E-state index in [0.717, 1.165) is 11.8 Å². The van der Waals surface area contributed by atoms with Gasteiger partial charge in [-0.1, -0.05) is 23.7 Å². The van der Waals surface area contributed by atoms with Crippen LogP contribution in [-0.2, 0) is 4.74 Å². The number of halogens is 3. The van der Waals surface area contributed by atoms with Crippen molar-refractivity contribution in [2.75, 3.05) is 19.7 Å². The number of morpholine rings is 1. The third kappa shape index (κ3) is 3.95. The maximum atomic E-state index is 13.7. The van der Waals surface area contributed by atoms with Crippen LogP contribution in [0.25, 0.3) is 0 Å². The number of nitrogens with one attached hydrogen (secondary N) is 1. The minimum absolute atomic E-state index is 0.0517. The van der Waals surface area contributed by atoms with E-state index in [2.05, 4.69) is 15.2 Å². The average molecular weight is 394 g/mol. The van der Waals surface area contributed by atoms with Gasteiger partial charge in [-0.15, -0.1) is 0 Å². The van der Waals surface area contributed by atoms with E-state index in [0.29, 0.717) is 37.2 Å². The maximum absolute atomic E-state index is 13.7. The van der Waals surface area contributed by atoms with Gasteiger partial charge < -0.3 is 10.1 Å². The number of aromatic nitrogens is 1. The number of ether oxygens (including phenoxy) is 1. The molecule has 0 saturated carbocycles. The van der Waals surface area contributed by atoms with Crippen molar-refractivity contribution in [3.05, 3.63) is 64.4 Å². The Morgan fingerprint density at radius 3 is 2.78 bits per heavy atom. The molecular formula is C19H18ClF2N3O2. The second-order valence-corrected chi connectivity index (χ2v) is 7.31. The van der Waals surface area contributed by atoms with E-state index in [9.17, 15) is 13.6 Å². The van der Waals surface area contributed by atoms with Crippen molar-refractivity contribution < 1.29 is 18.3 Å². The summed E-state index contributed by atoms with van der Waals surface area (Å²) in [4.78, 5) is 18.1. The van der Waals surface area contributed by atoms with Gasteiger partial charge in [0.2, 0.25) is 0 Å². The monoisotopic (exact) mass is 393 g/mol. The van der Waals surface area contributed by atoms with Crippen molar-refractivity contribution in [2.45, 2.75) is 24.6 Å². The fourth-order valence-electron chi connectivity index (χ4n) is 3.69. The number of rotatable bonds is 3. The van der Waals surface area contributed by atoms with Crippen molar-refractivity contribution in [2.24, 2.45) is 0 Å². The third-order valence-electron chi connectivity index (χ3n) is 5.02. The lowest BCUT2D eigenvalue weighted by Gasteiger charge is -2.35. The lowest BCUT2D eigenvalue weighted by molar-refractivity contribution is -0.0502. The Morgan fingerprint density at radius 1 is 1.26 bits per heavy atom. The molecule has 1 N–H and O–H groups in total. The number of nitrogens with zero attached hydrogens (tertiary/aromatic N) is 2. The lowest BCUT2D eigenvalue weighted by Crippen LogP contribution is -2.43. The molecule has 0 spiro atoms. The van der Waals surface area contributed by atoms with Gasteiger partial charge in [0.05, 0.1) is 18.9 Å². The van der Waals surface area contributed by atoms with Crippen molar-refractivity contribution in [3.8, 4) is 0 Å². The molecule has 2 aromatic rings. The summed E-state index contributed by atoms with van der Waals surface area (Å²) in [6.45, 7) is 1.91. The maximum Gasteiger partial charge on any atom is 0.273 e. The van der Waals surface area contributed by atoms with E-state index < -0.39 is 23.2 Å². The molecule has 0 unspecified atom stereocenters. The summed E-state index contributed by atoms with van der Waals surface area (Å²) >= 11 is 5.93. The Morgan fingerprint density at radius 2 is 2.04 bits per heavy atom. The summed E-state index contributed by atoms with van der Waals surface area (Å²) < 4.78 is 32.7. The van der Waals surface area contributed by atoms with Gasteiger partial charge in [-0.25, -0.2) is 13.8 Å². The molecule has 0 aliphatic carbocycles. The summed E-state index contributed by atoms with van der Waals surface area (Å²) in [5.74, 6) is -2.41. The molecule has 2 aliphatic heterocycles. The van der Waals surface area contributed by atoms with E-state index >= 15 is 0 Å². The Balaban J connectivity index is 1.38. The molecule has 5 nitrogen and oxygen atoms in total. The van der Waals surface area contributed by atoms with Crippen molar-refractivity contribution in [1.29, 1.82) is 0 Å². The number of hydrogen-bond donors (Lipinski definition) is 1. The predicted octanol–water partition coefficient (Wildman–Crippen LogP) is 2.96. The average Bonchev–Trinajstić information content (AvgIpc) is 3.03. The number of carbonyl (C=O) groups is 1. The van der Waals surface area contributed by atoms with Crippen LogP contribution in [0.15, 0.2) is 36.5 Å². The molecule has 2 saturated heterocycles. The largest absolute Gasteiger partial charge is 0.371 e. The van der Waals surface area contributed by atoms with Crippen LogP contribution in [0.4, 0.5) is 8.78 Å². The van der Waals surface area contributed by atoms with Crippen LogP contribution >= 0.6 is 11.6 Å². The molecular weight excluding hydrogens is 376 g/mol. The topological polar surface area (TPSA) is 54.5 Å². The lowest BCUT2D eigenvalue weighted by atomic mass is 10.1. The summed E-state index contributed by atoms with van der Waals surface area (Å²) in [6.07, 6.45) is 1.49. The molecule has 1 aromatic carbocycles. The van der Waals surface area contributed by atoms with Gasteiger partial charge in [0.15, 0.2) is 11.5 Å². The molecule has 3 atom stereocenters. The highest BCUT2D eigenvalue weighted by molar-refractivity contribution is 6.30. The highest BCUT2D eigenvalue weighted by atomic mass is 35.5. The van der Waals surface area contributed by atoms with Crippen molar-refractivity contribution in [1.82, 2.24) is 15.2 Å². The summed E-state index contributed by atoms with van der Waals surface area (Å²) in [5, 5.41) is 3.47. The standard InChI is InChI=1S/C19H18ClF2N3O2/c20-12-3-1-11(2-4-12)17-9-25-8-14(6-15(25)10-27-17)24-19(26)18-16(22)5-13(21)7-23-18/h1-5,7,14-15,17H,6,8-10H2,(H,24,26)/t14-,15-,17+/m0/s1. The first-order chi connectivity index (χ1) is 13.0. The number of carbonyl (C=O) groups excluding carboxylic acids is 1. The van der Waals surface area contributed by atoms with Crippen LogP contribution in [-0.4, -0.2) is 47.6 Å². The molecule has 2 fully saturated rings. The van der Waals surface area contributed by atoms with Gasteiger partial charge in [-0.05, 0) is 24.1 Å². The van der Waals surface area contributed by atoms with Gasteiger partial charge in [0, 0.05) is 36.3 Å². The minimum Gasteiger partial charge on any atom is -0.371 e. The van der Waals surface area contributed by atoms with Crippen LogP contribution in [0.2, 0.25) is 5.02 Å². The van der Waals surface area contributed by atoms with Gasteiger partial charge >= 0.3 is 0 Å². The van der Waals surface area contributed by atoms with E-state index in [4.69, 9.17) is 16.3 Å². The Hall–Kier alpha value is -2.09. The molecule has 27 heavy (non-hydrogen) atoms. The normalized spacial score (nSPS) is 25.2. The van der Waals surface area contributed by atoms with Crippen LogP contribution in [0.3, 0.4) is 0 Å². The van der Waals surface area contributed by atoms with E-state index in [-0.39, 0.29) is 18.2 Å². The summed E-state index contributed by atoms with van der Waals surface area (Å²) in [5.41, 5.74) is 0.666. The molecule has 2 aliphatic rings. The molecule has 4 rings (SSSR count). The zero-order chi connectivity index (χ0) is 19.0. The van der Waals surface area contributed by atoms with Crippen LogP contribution in [0, 0.1) is 11.6 Å². The number of hydrogen-bond acceptors (Lipinski definition) is 4. The molecule has 3 heterocycles. The molecule has 1 amide bonds. The van der Waals surface area contributed by atoms with Crippen LogP contribution in [0.1, 0.15) is 28.6 Å². The second-order valence-electron chi connectivity index (χ2n) is 6.87. The number of fused-ring (bicyclic) bond motifs is 1. The summed E-state index contributed by atoms with van der Waals surface area (Å²) in [6, 6.07) is 8.29. The molecule has 142 valence electrons. The van der Waals surface area contributed by atoms with Gasteiger partial charge in [0.25, 0.3) is 5.91 Å². The zero-order valence-corrected chi connectivity index (χ0v) is 15.1. The van der Waals surface area contributed by atoms with E-state index in [1.54, 1.807) is 0 Å². The molecule has 1 aromatic heterocycles. The second kappa shape index (κ2) is 7.50. The number of amides is 1. The smallest absolute Gasteiger partial charge is 0.273 e. The van der Waals surface area contributed by atoms with Crippen molar-refractivity contribution in [3.63, 3.8) is 0 Å². The first-order valence-corrected chi connectivity index (χ1v) is 9.10. The highest BCUT2D eigenvalue weighted by Crippen LogP contribution is 2.31. The zero-order valence-electron chi connectivity index (χ0n) is 14.4. The van der Waals surface area contributed by atoms with Gasteiger partial charge in [0.1, 0.15) is 5.82 Å². The highest BCUT2D eigenvalue weighted by Gasteiger charge is 2.38. The number of pyridine rings is 1. The Kier molecular flexibility index (Phi) is 5.08. The molecule has 8 heteroatoms. The van der Waals surface area contributed by atoms with Gasteiger partial charge in [-0.3, -0.25) is 9.69 Å². The fourth-order valence-corrected chi connectivity index (χ4v) is 3.82. The summed E-state index contributed by atoms with van der Waals surface area (Å²) in [7, 11) is 0. The predicted molar refractivity (Wildman–Crippen MR) is 95.5 cm³/mol. The number of benzene rings is 1. The van der Waals surface area contributed by atoms with E-state index in [1.807, 2.05) is 24.3 Å². The Labute approximate surface area is 160 Å². The van der Waals surface area contributed by atoms with Crippen molar-refractivity contribution >= 4 is 17.5 Å². The van der Waals surface area contributed by atoms with Crippen LogP contribution in [0.5, 0.6) is 0 Å². The first kappa shape index (κ1) is 18.3. The minimum atomic E-state index is -0.964. The first-order valence-electron chi connectivity index (χ1n) is 8.72. The Bertz CT molecular complexity index is 849. The quantitative estimate of drug-likeness (QED) is 0.871. The fraction of sp³-hybridized carbons (Fsp3) is 0.368. The SMILES string of the molecule is O=C(N[C@H]1C[C@H]2CO[C@@H](c3ccc(Cl)cc3)CN2C1)c1ncc(F)cc1F. The van der Waals surface area contributed by atoms with Crippen LogP contribution < -0.4 is 5.32 Å². The van der Waals surface area contributed by atoms with Gasteiger partial charge in [-0.2, -0.15) is 0 Å². The third-order valence-corrected chi connectivity index (χ3v) is 5.27. The molecule has 0 radical (unpaired) electrons. The van der Waals surface area contributed by atoms with E-state index in [1.165, 1.54) is 0 Å². The molecule has 0 bridgehead atoms.